The zero-order chi connectivity index (χ0) is 11.7. The smallest absolute Gasteiger partial charge is 0.225 e. The van der Waals surface area contributed by atoms with Crippen LogP contribution in [0.5, 0.6) is 0 Å². The van der Waals surface area contributed by atoms with Gasteiger partial charge in [-0.3, -0.25) is 4.79 Å². The number of rotatable bonds is 2. The van der Waals surface area contributed by atoms with Crippen molar-refractivity contribution in [2.24, 2.45) is 5.92 Å². The number of carbonyl (C=O) groups excluding carboxylic acids is 1. The molecule has 0 spiro atoms. The number of amides is 1. The molecule has 0 radical (unpaired) electrons. The van der Waals surface area contributed by atoms with Crippen LogP contribution < -0.4 is 5.32 Å². The van der Waals surface area contributed by atoms with Crippen molar-refractivity contribution in [1.29, 1.82) is 0 Å². The highest BCUT2D eigenvalue weighted by molar-refractivity contribution is 5.77. The second kappa shape index (κ2) is 4.94. The number of carbonyl (C=O) groups is 1. The molecule has 1 unspecified atom stereocenters. The van der Waals surface area contributed by atoms with Crippen molar-refractivity contribution in [3.05, 3.63) is 0 Å². The molecule has 0 aliphatic carbocycles. The lowest BCUT2D eigenvalue weighted by atomic mass is 9.94. The molecule has 4 nitrogen and oxygen atoms in total. The van der Waals surface area contributed by atoms with Crippen molar-refractivity contribution in [3.63, 3.8) is 0 Å². The molecular formula is C13H22N2O2. The fourth-order valence-electron chi connectivity index (χ4n) is 3.38. The van der Waals surface area contributed by atoms with Crippen molar-refractivity contribution < 1.29 is 9.53 Å². The monoisotopic (exact) mass is 238 g/mol. The molecule has 0 aromatic rings. The molecule has 3 aliphatic heterocycles. The lowest BCUT2D eigenvalue weighted by Gasteiger charge is -2.24. The lowest BCUT2D eigenvalue weighted by Crippen LogP contribution is -2.41. The number of piperidine rings is 1. The number of fused-ring (bicyclic) bond motifs is 1. The van der Waals surface area contributed by atoms with E-state index in [1.807, 2.05) is 0 Å². The Labute approximate surface area is 103 Å². The largest absolute Gasteiger partial charge is 0.378 e. The van der Waals surface area contributed by atoms with Gasteiger partial charge >= 0.3 is 0 Å². The van der Waals surface area contributed by atoms with Crippen LogP contribution in [0.3, 0.4) is 0 Å². The van der Waals surface area contributed by atoms with Crippen molar-refractivity contribution in [2.45, 2.75) is 44.2 Å². The maximum Gasteiger partial charge on any atom is 0.225 e. The van der Waals surface area contributed by atoms with E-state index in [0.29, 0.717) is 24.3 Å². The molecule has 0 aromatic carbocycles. The Bertz CT molecular complexity index is 275. The van der Waals surface area contributed by atoms with Crippen LogP contribution in [0.4, 0.5) is 0 Å². The van der Waals surface area contributed by atoms with Crippen LogP contribution in [0, 0.1) is 5.92 Å². The van der Waals surface area contributed by atoms with E-state index in [9.17, 15) is 4.79 Å². The molecule has 1 amide bonds. The van der Waals surface area contributed by atoms with Gasteiger partial charge in [-0.25, -0.2) is 0 Å². The highest BCUT2D eigenvalue weighted by atomic mass is 16.5. The second-order valence-corrected chi connectivity index (χ2v) is 5.60. The van der Waals surface area contributed by atoms with Gasteiger partial charge in [-0.15, -0.1) is 0 Å². The van der Waals surface area contributed by atoms with Crippen LogP contribution in [-0.2, 0) is 9.53 Å². The van der Waals surface area contributed by atoms with Gasteiger partial charge in [-0.05, 0) is 38.1 Å². The average molecular weight is 238 g/mol. The summed E-state index contributed by atoms with van der Waals surface area (Å²) < 4.78 is 5.54. The number of nitrogens with zero attached hydrogens (tertiary/aromatic N) is 1. The molecule has 3 rings (SSSR count). The molecule has 3 heterocycles. The van der Waals surface area contributed by atoms with Gasteiger partial charge in [0.25, 0.3) is 0 Å². The van der Waals surface area contributed by atoms with E-state index >= 15 is 0 Å². The van der Waals surface area contributed by atoms with E-state index in [4.69, 9.17) is 4.74 Å². The van der Waals surface area contributed by atoms with E-state index < -0.39 is 0 Å². The fraction of sp³-hybridized carbons (Fsp3) is 0.923. The predicted molar refractivity (Wildman–Crippen MR) is 64.7 cm³/mol. The summed E-state index contributed by atoms with van der Waals surface area (Å²) in [5.74, 6) is 0.991. The normalized spacial score (nSPS) is 37.2. The summed E-state index contributed by atoms with van der Waals surface area (Å²) >= 11 is 0. The van der Waals surface area contributed by atoms with Gasteiger partial charge in [0, 0.05) is 25.7 Å². The van der Waals surface area contributed by atoms with Gasteiger partial charge in [-0.2, -0.15) is 0 Å². The Morgan fingerprint density at radius 2 is 2.24 bits per heavy atom. The van der Waals surface area contributed by atoms with E-state index in [2.05, 4.69) is 10.2 Å². The summed E-state index contributed by atoms with van der Waals surface area (Å²) in [6.07, 6.45) is 5.50. The molecule has 3 fully saturated rings. The number of hydrogen-bond acceptors (Lipinski definition) is 3. The zero-order valence-electron chi connectivity index (χ0n) is 10.4. The minimum absolute atomic E-state index is 0.193. The fourth-order valence-corrected chi connectivity index (χ4v) is 3.38. The topological polar surface area (TPSA) is 41.6 Å². The molecule has 3 atom stereocenters. The van der Waals surface area contributed by atoms with Gasteiger partial charge in [0.1, 0.15) is 0 Å². The third-order valence-electron chi connectivity index (χ3n) is 4.38. The van der Waals surface area contributed by atoms with E-state index in [0.717, 1.165) is 39.1 Å². The summed E-state index contributed by atoms with van der Waals surface area (Å²) in [6.45, 7) is 3.83. The molecule has 3 saturated heterocycles. The predicted octanol–water partition coefficient (Wildman–Crippen LogP) is 0.766. The lowest BCUT2D eigenvalue weighted by molar-refractivity contribution is -0.132. The Morgan fingerprint density at radius 3 is 3.00 bits per heavy atom. The van der Waals surface area contributed by atoms with Crippen LogP contribution in [0.2, 0.25) is 0 Å². The molecule has 1 N–H and O–H groups in total. The van der Waals surface area contributed by atoms with Gasteiger partial charge < -0.3 is 15.0 Å². The van der Waals surface area contributed by atoms with E-state index in [1.165, 1.54) is 12.8 Å². The highest BCUT2D eigenvalue weighted by Gasteiger charge is 2.36. The number of nitrogens with one attached hydrogen (secondary N) is 1. The molecule has 3 aliphatic rings. The van der Waals surface area contributed by atoms with E-state index in [1.54, 1.807) is 0 Å². The average Bonchev–Trinajstić information content (AvgIpc) is 2.96. The van der Waals surface area contributed by atoms with E-state index in [-0.39, 0.29) is 6.10 Å². The van der Waals surface area contributed by atoms with Crippen molar-refractivity contribution in [1.82, 2.24) is 10.2 Å². The first-order chi connectivity index (χ1) is 8.33. The van der Waals surface area contributed by atoms with Gasteiger partial charge in [-0.1, -0.05) is 0 Å². The number of hydrogen-bond donors (Lipinski definition) is 1. The van der Waals surface area contributed by atoms with Crippen molar-refractivity contribution in [3.8, 4) is 0 Å². The Balaban J connectivity index is 1.52. The summed E-state index contributed by atoms with van der Waals surface area (Å²) in [7, 11) is 0. The van der Waals surface area contributed by atoms with Gasteiger partial charge in [0.2, 0.25) is 5.91 Å². The Kier molecular flexibility index (Phi) is 3.34. The standard InChI is InChI=1S/C13H22N2O2/c16-13(7-11-4-2-6-17-11)15-8-10-3-1-5-14-12(10)9-15/h10-12,14H,1-9H2/t10-,11?,12+/m0/s1. The van der Waals surface area contributed by atoms with Crippen LogP contribution >= 0.6 is 0 Å². The molecular weight excluding hydrogens is 216 g/mol. The van der Waals surface area contributed by atoms with Gasteiger partial charge in [0.15, 0.2) is 0 Å². The van der Waals surface area contributed by atoms with Crippen LogP contribution in [0.15, 0.2) is 0 Å². The van der Waals surface area contributed by atoms with Crippen molar-refractivity contribution in [2.75, 3.05) is 26.2 Å². The van der Waals surface area contributed by atoms with Crippen LogP contribution in [-0.4, -0.2) is 49.2 Å². The summed E-state index contributed by atoms with van der Waals surface area (Å²) in [5.41, 5.74) is 0. The first-order valence-corrected chi connectivity index (χ1v) is 6.95. The van der Waals surface area contributed by atoms with Crippen LogP contribution in [0.25, 0.3) is 0 Å². The Hall–Kier alpha value is -0.610. The quantitative estimate of drug-likeness (QED) is 0.772. The third kappa shape index (κ3) is 2.47. The zero-order valence-corrected chi connectivity index (χ0v) is 10.4. The third-order valence-corrected chi connectivity index (χ3v) is 4.38. The minimum Gasteiger partial charge on any atom is -0.378 e. The van der Waals surface area contributed by atoms with Crippen LogP contribution in [0.1, 0.15) is 32.1 Å². The summed E-state index contributed by atoms with van der Waals surface area (Å²) in [6, 6.07) is 0.553. The number of likely N-dealkylation sites (tertiary alicyclic amines) is 1. The molecule has 0 bridgehead atoms. The molecule has 17 heavy (non-hydrogen) atoms. The molecule has 96 valence electrons. The maximum absolute atomic E-state index is 12.2. The highest BCUT2D eigenvalue weighted by Crippen LogP contribution is 2.26. The molecule has 0 aromatic heterocycles. The summed E-state index contributed by atoms with van der Waals surface area (Å²) in [5, 5.41) is 3.53. The second-order valence-electron chi connectivity index (χ2n) is 5.60. The maximum atomic E-state index is 12.2. The SMILES string of the molecule is O=C(CC1CCCO1)N1C[C@@H]2CCCN[C@@H]2C1. The van der Waals surface area contributed by atoms with Crippen molar-refractivity contribution >= 4 is 5.91 Å². The first-order valence-electron chi connectivity index (χ1n) is 6.95. The van der Waals surface area contributed by atoms with Gasteiger partial charge in [0.05, 0.1) is 12.5 Å². The molecule has 4 heteroatoms. The summed E-state index contributed by atoms with van der Waals surface area (Å²) in [4.78, 5) is 14.2. The number of ether oxygens (including phenoxy) is 1. The minimum atomic E-state index is 0.193. The molecule has 0 saturated carbocycles. The first kappa shape index (κ1) is 11.5. The Morgan fingerprint density at radius 1 is 1.29 bits per heavy atom.